The molecule has 1 aromatic rings. The van der Waals surface area contributed by atoms with Gasteiger partial charge in [0.1, 0.15) is 17.1 Å². The first-order valence-electron chi connectivity index (χ1n) is 9.60. The molecule has 2 aliphatic rings. The zero-order chi connectivity index (χ0) is 19.6. The fraction of sp³-hybridized carbons (Fsp3) is 0.722. The maximum atomic E-state index is 12.0. The molecule has 27 heavy (non-hydrogen) atoms. The number of hydrogen-bond acceptors (Lipinski definition) is 8. The number of nitrogen functional groups attached to an aromatic ring is 1. The van der Waals surface area contributed by atoms with Crippen molar-refractivity contribution >= 4 is 23.6 Å². The van der Waals surface area contributed by atoms with E-state index in [1.54, 1.807) is 0 Å². The van der Waals surface area contributed by atoms with Crippen LogP contribution in [0, 0.1) is 5.41 Å². The van der Waals surface area contributed by atoms with Gasteiger partial charge in [-0.15, -0.1) is 0 Å². The Bertz CT molecular complexity index is 679. The number of anilines is 3. The minimum Gasteiger partial charge on any atom is -0.481 e. The van der Waals surface area contributed by atoms with Crippen molar-refractivity contribution in [3.05, 3.63) is 6.07 Å². The Morgan fingerprint density at radius 3 is 2.44 bits per heavy atom. The summed E-state index contributed by atoms with van der Waals surface area (Å²) in [5.41, 5.74) is 4.78. The Kier molecular flexibility index (Phi) is 5.71. The summed E-state index contributed by atoms with van der Waals surface area (Å²) in [4.78, 5) is 27.1. The highest BCUT2D eigenvalue weighted by Crippen LogP contribution is 2.37. The van der Waals surface area contributed by atoms with Crippen LogP contribution < -0.4 is 15.5 Å². The van der Waals surface area contributed by atoms with Gasteiger partial charge in [0.15, 0.2) is 0 Å². The largest absolute Gasteiger partial charge is 0.481 e. The molecule has 0 saturated carbocycles. The smallest absolute Gasteiger partial charge is 0.314 e. The van der Waals surface area contributed by atoms with Crippen LogP contribution in [-0.2, 0) is 4.79 Å². The quantitative estimate of drug-likeness (QED) is 0.662. The summed E-state index contributed by atoms with van der Waals surface area (Å²) in [6.07, 6.45) is 0.643. The number of carboxylic acid groups (broad SMARTS) is 1. The predicted molar refractivity (Wildman–Crippen MR) is 104 cm³/mol. The number of nitrogens with two attached hydrogens (primary N) is 1. The number of piperazine rings is 1. The summed E-state index contributed by atoms with van der Waals surface area (Å²) < 4.78 is 0. The normalized spacial score (nSPS) is 27.0. The van der Waals surface area contributed by atoms with E-state index in [1.165, 1.54) is 0 Å². The van der Waals surface area contributed by atoms with Crippen LogP contribution in [0.25, 0.3) is 0 Å². The zero-order valence-corrected chi connectivity index (χ0v) is 16.1. The van der Waals surface area contributed by atoms with Gasteiger partial charge in [0.25, 0.3) is 0 Å². The van der Waals surface area contributed by atoms with E-state index in [4.69, 9.17) is 5.73 Å². The summed E-state index contributed by atoms with van der Waals surface area (Å²) >= 11 is 0. The van der Waals surface area contributed by atoms with E-state index in [9.17, 15) is 15.0 Å². The molecule has 0 aromatic carbocycles. The highest BCUT2D eigenvalue weighted by Gasteiger charge is 2.48. The van der Waals surface area contributed by atoms with Crippen molar-refractivity contribution in [2.75, 3.05) is 61.8 Å². The van der Waals surface area contributed by atoms with Crippen molar-refractivity contribution in [3.8, 4) is 0 Å². The van der Waals surface area contributed by atoms with Crippen LogP contribution in [0.2, 0.25) is 0 Å². The topological polar surface area (TPSA) is 119 Å². The second-order valence-electron chi connectivity index (χ2n) is 7.67. The van der Waals surface area contributed by atoms with Gasteiger partial charge in [-0.3, -0.25) is 4.79 Å². The molecule has 2 saturated heterocycles. The molecule has 0 spiro atoms. The molecular formula is C18H30N6O3. The van der Waals surface area contributed by atoms with Gasteiger partial charge >= 0.3 is 5.97 Å². The number of rotatable bonds is 5. The number of likely N-dealkylation sites (N-methyl/N-ethyl adjacent to an activating group) is 1. The summed E-state index contributed by atoms with van der Waals surface area (Å²) in [5.74, 6) is 0.630. The van der Waals surface area contributed by atoms with E-state index in [0.29, 0.717) is 31.6 Å². The Hall–Kier alpha value is -2.13. The number of aliphatic hydroxyl groups is 1. The third-order valence-corrected chi connectivity index (χ3v) is 5.77. The van der Waals surface area contributed by atoms with Gasteiger partial charge in [-0.2, -0.15) is 9.97 Å². The SMILES string of the molecule is CCC[C@@]1(C(=O)O)CN(c2cc(N3CCN(C)CC3)nc(N)n2)CC[C@H]1O. The standard InChI is InChI=1S/C18H30N6O3/c1-3-5-18(16(26)27)12-24(6-4-13(18)25)15-11-14(20-17(19)21-15)23-9-7-22(2)8-10-23/h11,13,25H,3-10,12H2,1-2H3,(H,26,27)(H2,19,20,21)/t13-,18-/m1/s1. The molecule has 9 nitrogen and oxygen atoms in total. The molecule has 2 fully saturated rings. The number of aromatic nitrogens is 2. The molecule has 2 aliphatic heterocycles. The van der Waals surface area contributed by atoms with E-state index in [0.717, 1.165) is 32.0 Å². The number of carbonyl (C=O) groups is 1. The van der Waals surface area contributed by atoms with Gasteiger partial charge in [0, 0.05) is 45.3 Å². The molecule has 4 N–H and O–H groups in total. The minimum absolute atomic E-state index is 0.184. The van der Waals surface area contributed by atoms with Gasteiger partial charge in [-0.1, -0.05) is 13.3 Å². The van der Waals surface area contributed by atoms with Gasteiger partial charge < -0.3 is 30.6 Å². The lowest BCUT2D eigenvalue weighted by molar-refractivity contribution is -0.158. The molecule has 0 bridgehead atoms. The van der Waals surface area contributed by atoms with Crippen molar-refractivity contribution in [1.29, 1.82) is 0 Å². The molecule has 2 atom stereocenters. The van der Waals surface area contributed by atoms with Crippen molar-refractivity contribution < 1.29 is 15.0 Å². The second kappa shape index (κ2) is 7.85. The summed E-state index contributed by atoms with van der Waals surface area (Å²) in [6, 6.07) is 1.89. The number of aliphatic carboxylic acids is 1. The van der Waals surface area contributed by atoms with E-state index in [-0.39, 0.29) is 12.5 Å². The van der Waals surface area contributed by atoms with E-state index >= 15 is 0 Å². The Balaban J connectivity index is 1.86. The molecular weight excluding hydrogens is 348 g/mol. The van der Waals surface area contributed by atoms with E-state index in [1.807, 2.05) is 17.9 Å². The Morgan fingerprint density at radius 1 is 1.22 bits per heavy atom. The monoisotopic (exact) mass is 378 g/mol. The van der Waals surface area contributed by atoms with Crippen LogP contribution in [0.4, 0.5) is 17.6 Å². The Labute approximate surface area is 159 Å². The van der Waals surface area contributed by atoms with Crippen molar-refractivity contribution in [2.45, 2.75) is 32.3 Å². The number of aliphatic hydroxyl groups excluding tert-OH is 1. The third kappa shape index (κ3) is 3.93. The molecule has 0 unspecified atom stereocenters. The van der Waals surface area contributed by atoms with Crippen molar-refractivity contribution in [1.82, 2.24) is 14.9 Å². The van der Waals surface area contributed by atoms with Crippen LogP contribution in [0.1, 0.15) is 26.2 Å². The van der Waals surface area contributed by atoms with Crippen molar-refractivity contribution in [3.63, 3.8) is 0 Å². The summed E-state index contributed by atoms with van der Waals surface area (Å²) in [5, 5.41) is 20.3. The molecule has 3 heterocycles. The first kappa shape index (κ1) is 19.6. The van der Waals surface area contributed by atoms with Crippen LogP contribution in [0.5, 0.6) is 0 Å². The van der Waals surface area contributed by atoms with Crippen LogP contribution in [-0.4, -0.2) is 83.5 Å². The van der Waals surface area contributed by atoms with Gasteiger partial charge in [-0.25, -0.2) is 0 Å². The number of carboxylic acids is 1. The van der Waals surface area contributed by atoms with Gasteiger partial charge in [0.05, 0.1) is 6.10 Å². The molecule has 1 aromatic heterocycles. The third-order valence-electron chi connectivity index (χ3n) is 5.77. The lowest BCUT2D eigenvalue weighted by atomic mass is 9.74. The highest BCUT2D eigenvalue weighted by molar-refractivity contribution is 5.77. The second-order valence-corrected chi connectivity index (χ2v) is 7.67. The number of hydrogen-bond donors (Lipinski definition) is 3. The van der Waals surface area contributed by atoms with Gasteiger partial charge in [-0.05, 0) is 19.9 Å². The first-order valence-corrected chi connectivity index (χ1v) is 9.60. The van der Waals surface area contributed by atoms with E-state index in [2.05, 4.69) is 26.8 Å². The highest BCUT2D eigenvalue weighted by atomic mass is 16.4. The van der Waals surface area contributed by atoms with Gasteiger partial charge in [0.2, 0.25) is 5.95 Å². The fourth-order valence-electron chi connectivity index (χ4n) is 4.08. The number of nitrogens with zero attached hydrogens (tertiary/aromatic N) is 5. The molecule has 0 amide bonds. The van der Waals surface area contributed by atoms with E-state index < -0.39 is 17.5 Å². The average molecular weight is 378 g/mol. The van der Waals surface area contributed by atoms with Crippen LogP contribution in [0.3, 0.4) is 0 Å². The maximum Gasteiger partial charge on any atom is 0.314 e. The molecule has 3 rings (SSSR count). The molecule has 0 radical (unpaired) electrons. The fourth-order valence-corrected chi connectivity index (χ4v) is 4.08. The first-order chi connectivity index (χ1) is 12.9. The lowest BCUT2D eigenvalue weighted by Gasteiger charge is -2.44. The van der Waals surface area contributed by atoms with Crippen LogP contribution in [0.15, 0.2) is 6.07 Å². The lowest BCUT2D eigenvalue weighted by Crippen LogP contribution is -2.56. The van der Waals surface area contributed by atoms with Crippen molar-refractivity contribution in [2.24, 2.45) is 5.41 Å². The molecule has 9 heteroatoms. The Morgan fingerprint density at radius 2 is 1.85 bits per heavy atom. The zero-order valence-electron chi connectivity index (χ0n) is 16.1. The number of piperidine rings is 1. The summed E-state index contributed by atoms with van der Waals surface area (Å²) in [7, 11) is 2.09. The maximum absolute atomic E-state index is 12.0. The summed E-state index contributed by atoms with van der Waals surface area (Å²) in [6.45, 7) is 6.32. The minimum atomic E-state index is -1.18. The molecule has 0 aliphatic carbocycles. The average Bonchev–Trinajstić information content (AvgIpc) is 2.63. The predicted octanol–water partition coefficient (Wildman–Crippen LogP) is 0.253. The molecule has 150 valence electrons. The van der Waals surface area contributed by atoms with Crippen LogP contribution >= 0.6 is 0 Å².